The fourth-order valence-corrected chi connectivity index (χ4v) is 2.80. The number of nitrogens with one attached hydrogen (secondary N) is 1. The SMILES string of the molecule is COc1ccc(CCNC(=O)c2cccc(OCc3nnnn3C(C)C)c2)cc1. The average molecular weight is 395 g/mol. The van der Waals surface area contributed by atoms with E-state index < -0.39 is 0 Å². The van der Waals surface area contributed by atoms with Gasteiger partial charge in [0.2, 0.25) is 0 Å². The van der Waals surface area contributed by atoms with E-state index in [0.29, 0.717) is 23.7 Å². The smallest absolute Gasteiger partial charge is 0.251 e. The predicted octanol–water partition coefficient (Wildman–Crippen LogP) is 2.81. The Morgan fingerprint density at radius 3 is 2.66 bits per heavy atom. The van der Waals surface area contributed by atoms with Gasteiger partial charge < -0.3 is 14.8 Å². The molecule has 1 N–H and O–H groups in total. The summed E-state index contributed by atoms with van der Waals surface area (Å²) in [6, 6.07) is 15.0. The van der Waals surface area contributed by atoms with Crippen molar-refractivity contribution >= 4 is 5.91 Å². The summed E-state index contributed by atoms with van der Waals surface area (Å²) in [6.07, 6.45) is 0.740. The zero-order valence-electron chi connectivity index (χ0n) is 16.8. The van der Waals surface area contributed by atoms with Crippen molar-refractivity contribution in [1.82, 2.24) is 25.5 Å². The van der Waals surface area contributed by atoms with E-state index in [1.165, 1.54) is 0 Å². The maximum Gasteiger partial charge on any atom is 0.251 e. The minimum absolute atomic E-state index is 0.143. The molecular weight excluding hydrogens is 370 g/mol. The highest BCUT2D eigenvalue weighted by molar-refractivity contribution is 5.94. The third-order valence-corrected chi connectivity index (χ3v) is 4.37. The second-order valence-electron chi connectivity index (χ2n) is 6.80. The van der Waals surface area contributed by atoms with Crippen molar-refractivity contribution < 1.29 is 14.3 Å². The monoisotopic (exact) mass is 395 g/mol. The van der Waals surface area contributed by atoms with Crippen LogP contribution in [0.2, 0.25) is 0 Å². The van der Waals surface area contributed by atoms with Crippen LogP contribution in [0.3, 0.4) is 0 Å². The van der Waals surface area contributed by atoms with E-state index in [0.717, 1.165) is 17.7 Å². The van der Waals surface area contributed by atoms with Crippen LogP contribution >= 0.6 is 0 Å². The standard InChI is InChI=1S/C21H25N5O3/c1-15(2)26-20(23-24-25-26)14-29-19-6-4-5-17(13-19)21(27)22-12-11-16-7-9-18(28-3)10-8-16/h4-10,13,15H,11-12,14H2,1-3H3,(H,22,27). The number of hydrogen-bond acceptors (Lipinski definition) is 6. The summed E-state index contributed by atoms with van der Waals surface area (Å²) in [6.45, 7) is 4.76. The molecule has 0 bridgehead atoms. The summed E-state index contributed by atoms with van der Waals surface area (Å²) in [5, 5.41) is 14.5. The number of amides is 1. The fourth-order valence-electron chi connectivity index (χ4n) is 2.80. The van der Waals surface area contributed by atoms with E-state index in [-0.39, 0.29) is 18.6 Å². The lowest BCUT2D eigenvalue weighted by Crippen LogP contribution is -2.25. The molecule has 8 nitrogen and oxygen atoms in total. The quantitative estimate of drug-likeness (QED) is 0.599. The molecule has 0 saturated carbocycles. The van der Waals surface area contributed by atoms with Gasteiger partial charge in [0.1, 0.15) is 18.1 Å². The maximum absolute atomic E-state index is 12.4. The van der Waals surface area contributed by atoms with Crippen molar-refractivity contribution in [2.45, 2.75) is 32.9 Å². The van der Waals surface area contributed by atoms with E-state index >= 15 is 0 Å². The van der Waals surface area contributed by atoms with Gasteiger partial charge in [-0.15, -0.1) is 5.10 Å². The zero-order chi connectivity index (χ0) is 20.6. The molecule has 0 unspecified atom stereocenters. The topological polar surface area (TPSA) is 91.2 Å². The van der Waals surface area contributed by atoms with Crippen molar-refractivity contribution in [1.29, 1.82) is 0 Å². The normalized spacial score (nSPS) is 10.8. The van der Waals surface area contributed by atoms with Gasteiger partial charge >= 0.3 is 0 Å². The first-order valence-electron chi connectivity index (χ1n) is 9.47. The summed E-state index contributed by atoms with van der Waals surface area (Å²) in [5.74, 6) is 1.90. The van der Waals surface area contributed by atoms with Gasteiger partial charge in [-0.25, -0.2) is 4.68 Å². The van der Waals surface area contributed by atoms with Gasteiger partial charge in [0.05, 0.1) is 13.2 Å². The zero-order valence-corrected chi connectivity index (χ0v) is 16.8. The second kappa shape index (κ2) is 9.68. The van der Waals surface area contributed by atoms with Gasteiger partial charge in [0.15, 0.2) is 5.82 Å². The van der Waals surface area contributed by atoms with E-state index in [1.54, 1.807) is 36.1 Å². The van der Waals surface area contributed by atoms with Gasteiger partial charge in [-0.05, 0) is 66.6 Å². The molecule has 0 fully saturated rings. The molecular formula is C21H25N5O3. The number of tetrazole rings is 1. The molecule has 0 aliphatic rings. The number of hydrogen-bond donors (Lipinski definition) is 1. The van der Waals surface area contributed by atoms with Crippen LogP contribution in [0, 0.1) is 0 Å². The number of carbonyl (C=O) groups excluding carboxylic acids is 1. The first-order valence-corrected chi connectivity index (χ1v) is 9.47. The van der Waals surface area contributed by atoms with Gasteiger partial charge in [0.25, 0.3) is 5.91 Å². The Labute approximate surface area is 169 Å². The van der Waals surface area contributed by atoms with E-state index in [4.69, 9.17) is 9.47 Å². The van der Waals surface area contributed by atoms with Crippen molar-refractivity contribution in [2.75, 3.05) is 13.7 Å². The van der Waals surface area contributed by atoms with Crippen LogP contribution in [0.4, 0.5) is 0 Å². The Balaban J connectivity index is 1.52. The Morgan fingerprint density at radius 2 is 1.93 bits per heavy atom. The second-order valence-corrected chi connectivity index (χ2v) is 6.80. The number of methoxy groups -OCH3 is 1. The molecule has 3 aromatic rings. The molecule has 2 aromatic carbocycles. The Kier molecular flexibility index (Phi) is 6.78. The molecule has 1 amide bonds. The van der Waals surface area contributed by atoms with Gasteiger partial charge in [-0.1, -0.05) is 18.2 Å². The molecule has 0 saturated heterocycles. The average Bonchev–Trinajstić information content (AvgIpc) is 3.22. The molecule has 0 spiro atoms. The van der Waals surface area contributed by atoms with Crippen LogP contribution < -0.4 is 14.8 Å². The van der Waals surface area contributed by atoms with Crippen LogP contribution in [-0.2, 0) is 13.0 Å². The predicted molar refractivity (Wildman–Crippen MR) is 108 cm³/mol. The molecule has 8 heteroatoms. The van der Waals surface area contributed by atoms with Gasteiger partial charge in [0, 0.05) is 12.1 Å². The largest absolute Gasteiger partial charge is 0.497 e. The summed E-state index contributed by atoms with van der Waals surface area (Å²) in [7, 11) is 1.64. The minimum atomic E-state index is -0.143. The molecule has 152 valence electrons. The van der Waals surface area contributed by atoms with Gasteiger partial charge in [-0.3, -0.25) is 4.79 Å². The summed E-state index contributed by atoms with van der Waals surface area (Å²) < 4.78 is 12.6. The molecule has 0 atom stereocenters. The van der Waals surface area contributed by atoms with Crippen LogP contribution in [0.15, 0.2) is 48.5 Å². The van der Waals surface area contributed by atoms with Crippen molar-refractivity contribution in [3.8, 4) is 11.5 Å². The fraction of sp³-hybridized carbons (Fsp3) is 0.333. The van der Waals surface area contributed by atoms with Crippen LogP contribution in [-0.4, -0.2) is 39.8 Å². The highest BCUT2D eigenvalue weighted by Gasteiger charge is 2.11. The highest BCUT2D eigenvalue weighted by atomic mass is 16.5. The first-order chi connectivity index (χ1) is 14.1. The summed E-state index contributed by atoms with van der Waals surface area (Å²) in [5.41, 5.74) is 1.67. The third kappa shape index (κ3) is 5.54. The van der Waals surface area contributed by atoms with E-state index in [9.17, 15) is 4.79 Å². The summed E-state index contributed by atoms with van der Waals surface area (Å²) >= 11 is 0. The van der Waals surface area contributed by atoms with Crippen LogP contribution in [0.1, 0.15) is 41.6 Å². The number of ether oxygens (including phenoxy) is 2. The maximum atomic E-state index is 12.4. The van der Waals surface area contributed by atoms with Gasteiger partial charge in [-0.2, -0.15) is 0 Å². The van der Waals surface area contributed by atoms with E-state index in [1.807, 2.05) is 38.1 Å². The lowest BCUT2D eigenvalue weighted by molar-refractivity contribution is 0.0953. The number of rotatable bonds is 9. The first kappa shape index (κ1) is 20.3. The van der Waals surface area contributed by atoms with Crippen molar-refractivity contribution in [2.24, 2.45) is 0 Å². The number of aromatic nitrogens is 4. The molecule has 1 heterocycles. The van der Waals surface area contributed by atoms with Crippen molar-refractivity contribution in [3.05, 3.63) is 65.5 Å². The number of carbonyl (C=O) groups is 1. The molecule has 0 aliphatic carbocycles. The minimum Gasteiger partial charge on any atom is -0.497 e. The number of benzene rings is 2. The lowest BCUT2D eigenvalue weighted by atomic mass is 10.1. The van der Waals surface area contributed by atoms with E-state index in [2.05, 4.69) is 20.8 Å². The lowest BCUT2D eigenvalue weighted by Gasteiger charge is -2.10. The molecule has 1 aromatic heterocycles. The summed E-state index contributed by atoms with van der Waals surface area (Å²) in [4.78, 5) is 12.4. The van der Waals surface area contributed by atoms with Crippen LogP contribution in [0.5, 0.6) is 11.5 Å². The molecule has 29 heavy (non-hydrogen) atoms. The third-order valence-electron chi connectivity index (χ3n) is 4.37. The molecule has 0 radical (unpaired) electrons. The molecule has 0 aliphatic heterocycles. The van der Waals surface area contributed by atoms with Crippen molar-refractivity contribution in [3.63, 3.8) is 0 Å². The Bertz CT molecular complexity index is 937. The van der Waals surface area contributed by atoms with Crippen LogP contribution in [0.25, 0.3) is 0 Å². The Morgan fingerprint density at radius 1 is 1.14 bits per heavy atom. The molecule has 3 rings (SSSR count). The number of nitrogens with zero attached hydrogens (tertiary/aromatic N) is 4. The highest BCUT2D eigenvalue weighted by Crippen LogP contribution is 2.16. The Hall–Kier alpha value is -3.42.